The van der Waals surface area contributed by atoms with Gasteiger partial charge in [-0.2, -0.15) is 0 Å². The lowest BCUT2D eigenvalue weighted by atomic mass is 10.1. The zero-order valence-corrected chi connectivity index (χ0v) is 11.6. The normalized spacial score (nSPS) is 11.3. The lowest BCUT2D eigenvalue weighted by Gasteiger charge is -2.04. The molecule has 0 aliphatic carbocycles. The molecule has 20 heavy (non-hydrogen) atoms. The van der Waals surface area contributed by atoms with Crippen LogP contribution in [-0.4, -0.2) is 15.5 Å². The van der Waals surface area contributed by atoms with Crippen molar-refractivity contribution in [3.8, 4) is 0 Å². The van der Waals surface area contributed by atoms with Crippen LogP contribution < -0.4 is 11.5 Å². The summed E-state index contributed by atoms with van der Waals surface area (Å²) >= 11 is 6.29. The number of primary amides is 1. The van der Waals surface area contributed by atoms with Crippen LogP contribution in [0.2, 0.25) is 5.02 Å². The maximum absolute atomic E-state index is 11.4. The predicted molar refractivity (Wildman–Crippen MR) is 80.9 cm³/mol. The number of amides is 1. The Morgan fingerprint density at radius 2 is 2.20 bits per heavy atom. The summed E-state index contributed by atoms with van der Waals surface area (Å²) in [5.74, 6) is -0.458. The van der Waals surface area contributed by atoms with Gasteiger partial charge in [-0.1, -0.05) is 17.7 Å². The van der Waals surface area contributed by atoms with E-state index in [0.29, 0.717) is 10.7 Å². The third-order valence-electron chi connectivity index (χ3n) is 3.42. The molecule has 0 bridgehead atoms. The van der Waals surface area contributed by atoms with Crippen LogP contribution >= 0.6 is 11.6 Å². The average Bonchev–Trinajstić information content (AvgIpc) is 2.71. The first-order chi connectivity index (χ1) is 9.54. The Balaban J connectivity index is 2.57. The molecule has 4 N–H and O–H groups in total. The smallest absolute Gasteiger partial charge is 0.252 e. The Morgan fingerprint density at radius 3 is 2.85 bits per heavy atom. The lowest BCUT2D eigenvalue weighted by Crippen LogP contribution is -2.14. The summed E-state index contributed by atoms with van der Waals surface area (Å²) in [4.78, 5) is 15.8. The standard InChI is InChI=1S/C14H13ClN4O/c1-2-19-10-5-3-4-9(15)11(10)7-6-8(13(17)20)12(16)18-14(7)19/h3-6H,2H2,1H3,(H2,16,18)(H2,17,20). The first-order valence-corrected chi connectivity index (χ1v) is 6.59. The van der Waals surface area contributed by atoms with E-state index < -0.39 is 5.91 Å². The van der Waals surface area contributed by atoms with Gasteiger partial charge in [0.25, 0.3) is 5.91 Å². The number of aromatic nitrogens is 2. The van der Waals surface area contributed by atoms with E-state index in [2.05, 4.69) is 4.98 Å². The topological polar surface area (TPSA) is 86.9 Å². The number of hydrogen-bond acceptors (Lipinski definition) is 3. The molecule has 0 saturated carbocycles. The van der Waals surface area contributed by atoms with Crippen molar-refractivity contribution < 1.29 is 4.79 Å². The molecular weight excluding hydrogens is 276 g/mol. The monoisotopic (exact) mass is 288 g/mol. The van der Waals surface area contributed by atoms with Crippen LogP contribution in [-0.2, 0) is 6.54 Å². The van der Waals surface area contributed by atoms with Crippen molar-refractivity contribution in [2.24, 2.45) is 5.73 Å². The lowest BCUT2D eigenvalue weighted by molar-refractivity contribution is 0.100. The molecule has 0 atom stereocenters. The zero-order chi connectivity index (χ0) is 14.4. The first-order valence-electron chi connectivity index (χ1n) is 6.21. The summed E-state index contributed by atoms with van der Waals surface area (Å²) < 4.78 is 2.01. The van der Waals surface area contributed by atoms with Gasteiger partial charge in [0.15, 0.2) is 0 Å². The summed E-state index contributed by atoms with van der Waals surface area (Å²) in [6, 6.07) is 7.32. The number of anilines is 1. The fraction of sp³-hybridized carbons (Fsp3) is 0.143. The van der Waals surface area contributed by atoms with Crippen molar-refractivity contribution in [2.75, 3.05) is 5.73 Å². The predicted octanol–water partition coefficient (Wildman–Crippen LogP) is 2.54. The quantitative estimate of drug-likeness (QED) is 0.759. The second kappa shape index (κ2) is 4.38. The summed E-state index contributed by atoms with van der Waals surface area (Å²) in [6.07, 6.45) is 0. The van der Waals surface area contributed by atoms with Crippen LogP contribution in [0, 0.1) is 0 Å². The Bertz CT molecular complexity index is 853. The van der Waals surface area contributed by atoms with E-state index in [1.54, 1.807) is 6.07 Å². The van der Waals surface area contributed by atoms with E-state index in [4.69, 9.17) is 23.1 Å². The fourth-order valence-corrected chi connectivity index (χ4v) is 2.81. The molecule has 0 unspecified atom stereocenters. The number of nitrogens with two attached hydrogens (primary N) is 2. The summed E-state index contributed by atoms with van der Waals surface area (Å²) in [7, 11) is 0. The van der Waals surface area contributed by atoms with Crippen molar-refractivity contribution in [2.45, 2.75) is 13.5 Å². The molecule has 2 heterocycles. The highest BCUT2D eigenvalue weighted by atomic mass is 35.5. The zero-order valence-electron chi connectivity index (χ0n) is 10.9. The molecule has 0 fully saturated rings. The van der Waals surface area contributed by atoms with Crippen LogP contribution in [0.1, 0.15) is 17.3 Å². The Morgan fingerprint density at radius 1 is 1.45 bits per heavy atom. The van der Waals surface area contributed by atoms with Crippen molar-refractivity contribution >= 4 is 45.3 Å². The van der Waals surface area contributed by atoms with Crippen LogP contribution in [0.4, 0.5) is 5.82 Å². The molecule has 1 aromatic carbocycles. The number of nitrogen functional groups attached to an aromatic ring is 1. The van der Waals surface area contributed by atoms with Crippen LogP contribution in [0.5, 0.6) is 0 Å². The van der Waals surface area contributed by atoms with Gasteiger partial charge in [-0.05, 0) is 25.1 Å². The molecule has 0 saturated heterocycles. The van der Waals surface area contributed by atoms with Crippen LogP contribution in [0.25, 0.3) is 21.9 Å². The second-order valence-corrected chi connectivity index (χ2v) is 4.94. The minimum Gasteiger partial charge on any atom is -0.383 e. The van der Waals surface area contributed by atoms with Gasteiger partial charge in [0.1, 0.15) is 11.5 Å². The number of carbonyl (C=O) groups excluding carboxylic acids is 1. The molecule has 0 aliphatic heterocycles. The van der Waals surface area contributed by atoms with E-state index in [1.807, 2.05) is 29.7 Å². The van der Waals surface area contributed by atoms with Crippen LogP contribution in [0.15, 0.2) is 24.3 Å². The molecule has 2 aromatic heterocycles. The molecule has 0 radical (unpaired) electrons. The van der Waals surface area contributed by atoms with E-state index in [1.165, 1.54) is 0 Å². The highest BCUT2D eigenvalue weighted by Crippen LogP contribution is 2.34. The molecule has 5 nitrogen and oxygen atoms in total. The van der Waals surface area contributed by atoms with Crippen molar-refractivity contribution in [3.63, 3.8) is 0 Å². The minimum atomic E-state index is -0.596. The van der Waals surface area contributed by atoms with Gasteiger partial charge >= 0.3 is 0 Å². The van der Waals surface area contributed by atoms with Crippen molar-refractivity contribution in [1.82, 2.24) is 9.55 Å². The van der Waals surface area contributed by atoms with Gasteiger partial charge in [-0.15, -0.1) is 0 Å². The van der Waals surface area contributed by atoms with Crippen molar-refractivity contribution in [1.29, 1.82) is 0 Å². The minimum absolute atomic E-state index is 0.138. The number of nitrogens with zero attached hydrogens (tertiary/aromatic N) is 2. The number of pyridine rings is 1. The van der Waals surface area contributed by atoms with E-state index in [0.717, 1.165) is 22.8 Å². The molecule has 0 aliphatic rings. The number of halogens is 1. The number of hydrogen-bond donors (Lipinski definition) is 2. The number of fused-ring (bicyclic) bond motifs is 3. The van der Waals surface area contributed by atoms with E-state index in [9.17, 15) is 4.79 Å². The number of aryl methyl sites for hydroxylation is 1. The number of carbonyl (C=O) groups is 1. The van der Waals surface area contributed by atoms with E-state index >= 15 is 0 Å². The second-order valence-electron chi connectivity index (χ2n) is 4.53. The molecule has 3 rings (SSSR count). The molecule has 6 heteroatoms. The Hall–Kier alpha value is -2.27. The molecule has 3 aromatic rings. The van der Waals surface area contributed by atoms with Crippen molar-refractivity contribution in [3.05, 3.63) is 34.9 Å². The van der Waals surface area contributed by atoms with Gasteiger partial charge in [0, 0.05) is 17.3 Å². The highest BCUT2D eigenvalue weighted by molar-refractivity contribution is 6.38. The summed E-state index contributed by atoms with van der Waals surface area (Å²) in [5.41, 5.74) is 13.0. The van der Waals surface area contributed by atoms with Gasteiger partial charge in [-0.25, -0.2) is 4.98 Å². The Kier molecular flexibility index (Phi) is 2.79. The highest BCUT2D eigenvalue weighted by Gasteiger charge is 2.17. The van der Waals surface area contributed by atoms with Gasteiger partial charge in [0.2, 0.25) is 0 Å². The third kappa shape index (κ3) is 1.63. The van der Waals surface area contributed by atoms with Gasteiger partial charge in [-0.3, -0.25) is 4.79 Å². The SMILES string of the molecule is CCn1c2cccc(Cl)c2c2cc(C(N)=O)c(N)nc21. The largest absolute Gasteiger partial charge is 0.383 e. The average molecular weight is 289 g/mol. The summed E-state index contributed by atoms with van der Waals surface area (Å²) in [5, 5.41) is 2.26. The summed E-state index contributed by atoms with van der Waals surface area (Å²) in [6.45, 7) is 2.74. The number of rotatable bonds is 2. The molecular formula is C14H13ClN4O. The van der Waals surface area contributed by atoms with Gasteiger partial charge < -0.3 is 16.0 Å². The Labute approximate surface area is 120 Å². The molecule has 0 spiro atoms. The first kappa shape index (κ1) is 12.7. The third-order valence-corrected chi connectivity index (χ3v) is 3.74. The molecule has 102 valence electrons. The van der Waals surface area contributed by atoms with E-state index in [-0.39, 0.29) is 11.4 Å². The maximum Gasteiger partial charge on any atom is 0.252 e. The maximum atomic E-state index is 11.4. The molecule has 1 amide bonds. The van der Waals surface area contributed by atoms with Crippen LogP contribution in [0.3, 0.4) is 0 Å². The number of benzene rings is 1. The fourth-order valence-electron chi connectivity index (χ4n) is 2.54. The van der Waals surface area contributed by atoms with Gasteiger partial charge in [0.05, 0.1) is 16.1 Å².